The van der Waals surface area contributed by atoms with E-state index < -0.39 is 23.7 Å². The summed E-state index contributed by atoms with van der Waals surface area (Å²) in [5.41, 5.74) is -0.457. The quantitative estimate of drug-likeness (QED) is 0.161. The molecule has 0 atom stereocenters. The minimum absolute atomic E-state index is 0.00673. The second kappa shape index (κ2) is 12.3. The fourth-order valence-electron chi connectivity index (χ4n) is 4.90. The van der Waals surface area contributed by atoms with E-state index in [0.717, 1.165) is 33.9 Å². The van der Waals surface area contributed by atoms with Crippen molar-refractivity contribution >= 4 is 17.3 Å². The van der Waals surface area contributed by atoms with Gasteiger partial charge in [0.2, 0.25) is 0 Å². The largest absolute Gasteiger partial charge is 0.435 e. The van der Waals surface area contributed by atoms with Crippen LogP contribution in [0.25, 0.3) is 34.2 Å². The van der Waals surface area contributed by atoms with Crippen molar-refractivity contribution in [3.8, 4) is 34.2 Å². The molecule has 7 aromatic rings. The molecule has 0 saturated heterocycles. The Morgan fingerprint density at radius 3 is 1.39 bits per heavy atom. The topological polar surface area (TPSA) is 116 Å². The van der Waals surface area contributed by atoms with Crippen molar-refractivity contribution in [2.45, 2.75) is 12.4 Å². The summed E-state index contributed by atoms with van der Waals surface area (Å²) in [5, 5.41) is 7.47. The molecule has 0 saturated carbocycles. The second-order valence-corrected chi connectivity index (χ2v) is 10.2. The van der Waals surface area contributed by atoms with Crippen LogP contribution in [0, 0.1) is 0 Å². The van der Waals surface area contributed by atoms with Gasteiger partial charge < -0.3 is 0 Å². The van der Waals surface area contributed by atoms with Crippen molar-refractivity contribution in [3.63, 3.8) is 0 Å². The van der Waals surface area contributed by atoms with E-state index >= 15 is 0 Å². The van der Waals surface area contributed by atoms with Crippen molar-refractivity contribution in [3.05, 3.63) is 128 Å². The van der Waals surface area contributed by atoms with Crippen molar-refractivity contribution < 1.29 is 26.3 Å². The standard InChI is InChI=1S/C32H19F6N11/c33-31(34,35)25-10-16-47(45-25)29-21(23-18-39-12-14-41-23)6-8-27(43-29)49(20-4-2-1-3-5-20)28-9-7-22(24-19-40-13-15-42-24)30(44-28)48-17-11-26(46-48)32(36,37)38/h1-19H. The Morgan fingerprint density at radius 1 is 0.531 bits per heavy atom. The monoisotopic (exact) mass is 671 g/mol. The van der Waals surface area contributed by atoms with Gasteiger partial charge in [-0.25, -0.2) is 19.3 Å². The van der Waals surface area contributed by atoms with Crippen molar-refractivity contribution in [1.82, 2.24) is 49.5 Å². The van der Waals surface area contributed by atoms with Crippen LogP contribution in [-0.4, -0.2) is 49.5 Å². The molecule has 0 spiro atoms. The molecular weight excluding hydrogens is 652 g/mol. The molecule has 6 heterocycles. The number of alkyl halides is 6. The zero-order valence-electron chi connectivity index (χ0n) is 24.7. The van der Waals surface area contributed by atoms with E-state index in [1.165, 1.54) is 37.2 Å². The van der Waals surface area contributed by atoms with Crippen LogP contribution in [-0.2, 0) is 12.4 Å². The fourth-order valence-corrected chi connectivity index (χ4v) is 4.90. The van der Waals surface area contributed by atoms with Crippen LogP contribution in [0.4, 0.5) is 43.7 Å². The van der Waals surface area contributed by atoms with Crippen LogP contribution >= 0.6 is 0 Å². The van der Waals surface area contributed by atoms with Gasteiger partial charge in [0, 0.05) is 54.0 Å². The summed E-state index contributed by atoms with van der Waals surface area (Å²) in [4.78, 5) is 27.8. The van der Waals surface area contributed by atoms with Gasteiger partial charge in [-0.05, 0) is 48.5 Å². The molecule has 11 nitrogen and oxygen atoms in total. The molecule has 0 N–H and O–H groups in total. The molecule has 17 heteroatoms. The zero-order chi connectivity index (χ0) is 34.2. The molecule has 0 bridgehead atoms. The Morgan fingerprint density at radius 2 is 1.00 bits per heavy atom. The highest BCUT2D eigenvalue weighted by Gasteiger charge is 2.35. The highest BCUT2D eigenvalue weighted by Crippen LogP contribution is 2.38. The lowest BCUT2D eigenvalue weighted by Crippen LogP contribution is -2.17. The minimum Gasteiger partial charge on any atom is -0.279 e. The lowest BCUT2D eigenvalue weighted by molar-refractivity contribution is -0.142. The Hall–Kier alpha value is -6.52. The highest BCUT2D eigenvalue weighted by atomic mass is 19.4. The number of nitrogens with zero attached hydrogens (tertiary/aromatic N) is 11. The van der Waals surface area contributed by atoms with Crippen LogP contribution in [0.1, 0.15) is 11.4 Å². The van der Waals surface area contributed by atoms with Crippen LogP contribution in [0.15, 0.2) is 116 Å². The average Bonchev–Trinajstić information content (AvgIpc) is 3.82. The first kappa shape index (κ1) is 31.1. The summed E-state index contributed by atoms with van der Waals surface area (Å²) in [6, 6.07) is 16.8. The molecule has 0 aliphatic carbocycles. The van der Waals surface area contributed by atoms with Gasteiger partial charge in [0.05, 0.1) is 23.8 Å². The van der Waals surface area contributed by atoms with E-state index in [0.29, 0.717) is 28.2 Å². The number of hydrogen-bond acceptors (Lipinski definition) is 9. The van der Waals surface area contributed by atoms with Crippen LogP contribution in [0.5, 0.6) is 0 Å². The van der Waals surface area contributed by atoms with E-state index in [1.807, 2.05) is 0 Å². The maximum Gasteiger partial charge on any atom is 0.435 e. The molecule has 0 fully saturated rings. The average molecular weight is 672 g/mol. The lowest BCUT2D eigenvalue weighted by Gasteiger charge is -2.25. The van der Waals surface area contributed by atoms with Crippen LogP contribution < -0.4 is 4.90 Å². The summed E-state index contributed by atoms with van der Waals surface area (Å²) in [5.74, 6) is 0.348. The van der Waals surface area contributed by atoms with E-state index in [-0.39, 0.29) is 23.3 Å². The van der Waals surface area contributed by atoms with E-state index in [2.05, 4.69) is 30.1 Å². The number of halogens is 6. The number of para-hydroxylation sites is 1. The molecule has 0 radical (unpaired) electrons. The molecule has 244 valence electrons. The van der Waals surface area contributed by atoms with Gasteiger partial charge >= 0.3 is 12.4 Å². The van der Waals surface area contributed by atoms with Gasteiger partial charge in [-0.2, -0.15) is 36.5 Å². The van der Waals surface area contributed by atoms with Gasteiger partial charge in [0.15, 0.2) is 23.0 Å². The summed E-state index contributed by atoms with van der Waals surface area (Å²) >= 11 is 0. The second-order valence-electron chi connectivity index (χ2n) is 10.2. The van der Waals surface area contributed by atoms with Gasteiger partial charge in [-0.1, -0.05) is 18.2 Å². The van der Waals surface area contributed by atoms with Gasteiger partial charge in [-0.15, -0.1) is 0 Å². The Kier molecular flexibility index (Phi) is 7.78. The number of benzene rings is 1. The Bertz CT molecular complexity index is 2080. The Balaban J connectivity index is 1.44. The molecule has 49 heavy (non-hydrogen) atoms. The number of aromatic nitrogens is 10. The molecule has 7 rings (SSSR count). The third-order valence-electron chi connectivity index (χ3n) is 7.06. The summed E-state index contributed by atoms with van der Waals surface area (Å²) in [7, 11) is 0. The van der Waals surface area contributed by atoms with Crippen molar-refractivity contribution in [2.75, 3.05) is 4.90 Å². The number of rotatable bonds is 7. The predicted octanol–water partition coefficient (Wildman–Crippen LogP) is 7.27. The minimum atomic E-state index is -4.71. The molecule has 0 unspecified atom stereocenters. The molecule has 0 aliphatic heterocycles. The summed E-state index contributed by atoms with van der Waals surface area (Å²) in [6.07, 6.45) is 1.45. The van der Waals surface area contributed by atoms with Gasteiger partial charge in [0.1, 0.15) is 11.6 Å². The number of hydrogen-bond donors (Lipinski definition) is 0. The molecule has 0 amide bonds. The SMILES string of the molecule is FC(F)(F)c1ccn(-c2nc(N(c3ccccc3)c3ccc(-c4cnccn4)c(-n4ccc(C(F)(F)F)n4)n3)ccc2-c2cnccn2)n1. The smallest absolute Gasteiger partial charge is 0.279 e. The first-order chi connectivity index (χ1) is 23.6. The Labute approximate surface area is 272 Å². The maximum absolute atomic E-state index is 13.6. The molecule has 0 aliphatic rings. The normalized spacial score (nSPS) is 11.9. The molecule has 6 aromatic heterocycles. The fraction of sp³-hybridized carbons (Fsp3) is 0.0625. The molecular formula is C32H19F6N11. The third-order valence-corrected chi connectivity index (χ3v) is 7.06. The van der Waals surface area contributed by atoms with Crippen LogP contribution in [0.3, 0.4) is 0 Å². The van der Waals surface area contributed by atoms with Crippen molar-refractivity contribution in [1.29, 1.82) is 0 Å². The predicted molar refractivity (Wildman–Crippen MR) is 163 cm³/mol. The zero-order valence-corrected chi connectivity index (χ0v) is 24.7. The van der Waals surface area contributed by atoms with E-state index in [1.54, 1.807) is 59.5 Å². The molecule has 1 aromatic carbocycles. The number of pyridine rings is 2. The van der Waals surface area contributed by atoms with E-state index in [9.17, 15) is 26.3 Å². The number of anilines is 3. The first-order valence-corrected chi connectivity index (χ1v) is 14.2. The van der Waals surface area contributed by atoms with E-state index in [4.69, 9.17) is 9.97 Å². The third kappa shape index (κ3) is 6.28. The van der Waals surface area contributed by atoms with Gasteiger partial charge in [-0.3, -0.25) is 24.8 Å². The van der Waals surface area contributed by atoms with Crippen LogP contribution in [0.2, 0.25) is 0 Å². The summed E-state index contributed by atoms with van der Waals surface area (Å²) in [6.45, 7) is 0. The van der Waals surface area contributed by atoms with Gasteiger partial charge in [0.25, 0.3) is 0 Å². The maximum atomic E-state index is 13.6. The highest BCUT2D eigenvalue weighted by molar-refractivity contribution is 5.78. The lowest BCUT2D eigenvalue weighted by atomic mass is 10.1. The first-order valence-electron chi connectivity index (χ1n) is 14.2. The summed E-state index contributed by atoms with van der Waals surface area (Å²) < 4.78 is 83.4. The van der Waals surface area contributed by atoms with Crippen molar-refractivity contribution in [2.24, 2.45) is 0 Å².